The van der Waals surface area contributed by atoms with Crippen molar-refractivity contribution in [3.05, 3.63) is 23.2 Å². The highest BCUT2D eigenvalue weighted by molar-refractivity contribution is 6.33. The van der Waals surface area contributed by atoms with E-state index in [4.69, 9.17) is 17.3 Å². The Kier molecular flexibility index (Phi) is 3.75. The molecule has 1 aromatic carbocycles. The van der Waals surface area contributed by atoms with Gasteiger partial charge in [-0.15, -0.1) is 5.10 Å². The van der Waals surface area contributed by atoms with Crippen molar-refractivity contribution < 1.29 is 0 Å². The Morgan fingerprint density at radius 2 is 2.11 bits per heavy atom. The van der Waals surface area contributed by atoms with Crippen LogP contribution < -0.4 is 5.73 Å². The molecule has 5 nitrogen and oxygen atoms in total. The largest absolute Gasteiger partial charge is 0.398 e. The molecule has 0 spiro atoms. The first-order valence-corrected chi connectivity index (χ1v) is 6.68. The molecule has 2 rings (SSSR count). The van der Waals surface area contributed by atoms with Crippen molar-refractivity contribution >= 4 is 17.3 Å². The van der Waals surface area contributed by atoms with Crippen LogP contribution in [0.4, 0.5) is 5.69 Å². The summed E-state index contributed by atoms with van der Waals surface area (Å²) in [5, 5.41) is 12.6. The number of halogens is 1. The fourth-order valence-electron chi connectivity index (χ4n) is 2.18. The summed E-state index contributed by atoms with van der Waals surface area (Å²) in [7, 11) is 0. The van der Waals surface area contributed by atoms with E-state index in [-0.39, 0.29) is 5.54 Å². The number of nitrogens with zero attached hydrogens (tertiary/aromatic N) is 4. The second-order valence-corrected chi connectivity index (χ2v) is 5.62. The van der Waals surface area contributed by atoms with Crippen molar-refractivity contribution in [2.45, 2.75) is 39.2 Å². The number of aromatic nitrogens is 4. The zero-order chi connectivity index (χ0) is 14.0. The summed E-state index contributed by atoms with van der Waals surface area (Å²) in [6, 6.07) is 5.44. The van der Waals surface area contributed by atoms with Gasteiger partial charge in [-0.05, 0) is 48.9 Å². The van der Waals surface area contributed by atoms with Crippen molar-refractivity contribution in [2.75, 3.05) is 5.73 Å². The summed E-state index contributed by atoms with van der Waals surface area (Å²) >= 11 is 5.94. The molecule has 0 aliphatic heterocycles. The van der Waals surface area contributed by atoms with Crippen molar-refractivity contribution in [1.29, 1.82) is 0 Å². The summed E-state index contributed by atoms with van der Waals surface area (Å²) in [4.78, 5) is 0. The molecular formula is C13H18ClN5. The van der Waals surface area contributed by atoms with Gasteiger partial charge in [-0.25, -0.2) is 4.68 Å². The van der Waals surface area contributed by atoms with Gasteiger partial charge in [0.25, 0.3) is 0 Å². The monoisotopic (exact) mass is 279 g/mol. The molecule has 0 saturated heterocycles. The molecule has 0 saturated carbocycles. The second kappa shape index (κ2) is 5.17. The number of rotatable bonds is 4. The predicted molar refractivity (Wildman–Crippen MR) is 76.9 cm³/mol. The zero-order valence-electron chi connectivity index (χ0n) is 11.4. The molecular weight excluding hydrogens is 262 g/mol. The summed E-state index contributed by atoms with van der Waals surface area (Å²) in [5.41, 5.74) is 7.10. The third-order valence-corrected chi connectivity index (χ3v) is 3.50. The molecule has 1 aromatic heterocycles. The Balaban J connectivity index is 2.47. The fraction of sp³-hybridized carbons (Fsp3) is 0.462. The molecule has 0 amide bonds. The maximum absolute atomic E-state index is 5.94. The van der Waals surface area contributed by atoms with E-state index in [9.17, 15) is 0 Å². The van der Waals surface area contributed by atoms with Crippen LogP contribution in [-0.2, 0) is 5.54 Å². The maximum Gasteiger partial charge on any atom is 0.182 e. The third-order valence-electron chi connectivity index (χ3n) is 3.16. The summed E-state index contributed by atoms with van der Waals surface area (Å²) in [5.74, 6) is 0.710. The lowest BCUT2D eigenvalue weighted by Crippen LogP contribution is -2.28. The minimum atomic E-state index is -0.137. The van der Waals surface area contributed by atoms with E-state index in [0.717, 1.165) is 18.4 Å². The van der Waals surface area contributed by atoms with Crippen LogP contribution in [0.3, 0.4) is 0 Å². The average molecular weight is 280 g/mol. The first-order valence-electron chi connectivity index (χ1n) is 6.30. The standard InChI is InChI=1S/C13H18ClN5/c1-4-7-13(2,3)19-12(16-17-18-19)9-5-6-10(14)11(15)8-9/h5-6,8H,4,7,15H2,1-3H3. The van der Waals surface area contributed by atoms with E-state index < -0.39 is 0 Å². The second-order valence-electron chi connectivity index (χ2n) is 5.21. The lowest BCUT2D eigenvalue weighted by molar-refractivity contribution is 0.290. The van der Waals surface area contributed by atoms with Gasteiger partial charge in [0.15, 0.2) is 5.82 Å². The predicted octanol–water partition coefficient (Wildman–Crippen LogP) is 3.11. The van der Waals surface area contributed by atoms with Crippen molar-refractivity contribution in [1.82, 2.24) is 20.2 Å². The Labute approximate surface area is 117 Å². The number of benzene rings is 1. The lowest BCUT2D eigenvalue weighted by Gasteiger charge is -2.25. The number of anilines is 1. The van der Waals surface area contributed by atoms with Crippen molar-refractivity contribution in [3.8, 4) is 11.4 Å². The van der Waals surface area contributed by atoms with Crippen LogP contribution >= 0.6 is 11.6 Å². The summed E-state index contributed by atoms with van der Waals surface area (Å²) in [6.07, 6.45) is 2.06. The highest BCUT2D eigenvalue weighted by atomic mass is 35.5. The van der Waals surface area contributed by atoms with Crippen LogP contribution in [0.2, 0.25) is 5.02 Å². The number of hydrogen-bond donors (Lipinski definition) is 1. The zero-order valence-corrected chi connectivity index (χ0v) is 12.1. The van der Waals surface area contributed by atoms with Gasteiger partial charge in [-0.3, -0.25) is 0 Å². The third kappa shape index (κ3) is 2.71. The van der Waals surface area contributed by atoms with Gasteiger partial charge >= 0.3 is 0 Å². The molecule has 102 valence electrons. The number of hydrogen-bond acceptors (Lipinski definition) is 4. The van der Waals surface area contributed by atoms with Gasteiger partial charge in [0.2, 0.25) is 0 Å². The summed E-state index contributed by atoms with van der Waals surface area (Å²) in [6.45, 7) is 6.39. The molecule has 0 aliphatic rings. The van der Waals surface area contributed by atoms with Crippen LogP contribution in [0.25, 0.3) is 11.4 Å². The van der Waals surface area contributed by atoms with Crippen molar-refractivity contribution in [3.63, 3.8) is 0 Å². The quantitative estimate of drug-likeness (QED) is 0.873. The minimum absolute atomic E-state index is 0.137. The highest BCUT2D eigenvalue weighted by Crippen LogP contribution is 2.29. The molecule has 2 aromatic rings. The fourth-order valence-corrected chi connectivity index (χ4v) is 2.29. The van der Waals surface area contributed by atoms with E-state index in [1.807, 2.05) is 10.7 Å². The Morgan fingerprint density at radius 1 is 1.37 bits per heavy atom. The highest BCUT2D eigenvalue weighted by Gasteiger charge is 2.25. The van der Waals surface area contributed by atoms with E-state index in [2.05, 4.69) is 36.3 Å². The maximum atomic E-state index is 5.94. The molecule has 0 atom stereocenters. The van der Waals surface area contributed by atoms with Gasteiger partial charge in [0.05, 0.1) is 16.2 Å². The van der Waals surface area contributed by atoms with Gasteiger partial charge < -0.3 is 5.73 Å². The first kappa shape index (κ1) is 13.8. The Morgan fingerprint density at radius 3 is 2.74 bits per heavy atom. The molecule has 6 heteroatoms. The van der Waals surface area contributed by atoms with Crippen molar-refractivity contribution in [2.24, 2.45) is 0 Å². The smallest absolute Gasteiger partial charge is 0.182 e. The van der Waals surface area contributed by atoms with Crippen LogP contribution in [-0.4, -0.2) is 20.2 Å². The van der Waals surface area contributed by atoms with Gasteiger partial charge in [-0.1, -0.05) is 24.9 Å². The minimum Gasteiger partial charge on any atom is -0.398 e. The van der Waals surface area contributed by atoms with Gasteiger partial charge in [0.1, 0.15) is 0 Å². The van der Waals surface area contributed by atoms with E-state index in [1.54, 1.807) is 12.1 Å². The number of nitrogen functional groups attached to an aromatic ring is 1. The van der Waals surface area contributed by atoms with Crippen LogP contribution in [0, 0.1) is 0 Å². The molecule has 19 heavy (non-hydrogen) atoms. The SMILES string of the molecule is CCCC(C)(C)n1nnnc1-c1ccc(Cl)c(N)c1. The van der Waals surface area contributed by atoms with Crippen LogP contribution in [0.5, 0.6) is 0 Å². The molecule has 0 aliphatic carbocycles. The molecule has 0 fully saturated rings. The molecule has 2 N–H and O–H groups in total. The first-order chi connectivity index (χ1) is 8.95. The van der Waals surface area contributed by atoms with Crippen LogP contribution in [0.15, 0.2) is 18.2 Å². The molecule has 0 bridgehead atoms. The number of tetrazole rings is 1. The Hall–Kier alpha value is -1.62. The normalized spacial score (nSPS) is 11.8. The van der Waals surface area contributed by atoms with Gasteiger partial charge in [0, 0.05) is 5.56 Å². The molecule has 1 heterocycles. The van der Waals surface area contributed by atoms with E-state index in [0.29, 0.717) is 16.5 Å². The Bertz CT molecular complexity index is 576. The average Bonchev–Trinajstić information content (AvgIpc) is 2.82. The van der Waals surface area contributed by atoms with E-state index in [1.165, 1.54) is 0 Å². The van der Waals surface area contributed by atoms with Crippen LogP contribution in [0.1, 0.15) is 33.6 Å². The number of nitrogens with two attached hydrogens (primary N) is 1. The summed E-state index contributed by atoms with van der Waals surface area (Å²) < 4.78 is 1.85. The lowest BCUT2D eigenvalue weighted by atomic mass is 9.98. The van der Waals surface area contributed by atoms with Gasteiger partial charge in [-0.2, -0.15) is 0 Å². The molecule has 0 unspecified atom stereocenters. The van der Waals surface area contributed by atoms with E-state index >= 15 is 0 Å². The molecule has 0 radical (unpaired) electrons. The topological polar surface area (TPSA) is 69.6 Å².